The largest absolute Gasteiger partial charge is 0.375 e. The number of thioether (sulfide) groups is 1. The smallest absolute Gasteiger partial charge is 0.246 e. The van der Waals surface area contributed by atoms with Gasteiger partial charge in [0.1, 0.15) is 12.1 Å². The topological polar surface area (TPSA) is 99.8 Å². The van der Waals surface area contributed by atoms with Gasteiger partial charge in [0.25, 0.3) is 0 Å². The predicted molar refractivity (Wildman–Crippen MR) is 141 cm³/mol. The summed E-state index contributed by atoms with van der Waals surface area (Å²) < 4.78 is 6.15. The van der Waals surface area contributed by atoms with Gasteiger partial charge in [0.15, 0.2) is 0 Å². The van der Waals surface area contributed by atoms with E-state index in [1.54, 1.807) is 30.6 Å². The van der Waals surface area contributed by atoms with E-state index in [1.165, 1.54) is 5.56 Å². The first kappa shape index (κ1) is 26.9. The fourth-order valence-corrected chi connectivity index (χ4v) is 7.24. The zero-order valence-corrected chi connectivity index (χ0v) is 22.8. The molecule has 0 spiro atoms. The number of hydrogen-bond donors (Lipinski definition) is 3. The van der Waals surface area contributed by atoms with Gasteiger partial charge in [0.05, 0.1) is 23.6 Å². The minimum Gasteiger partial charge on any atom is -0.375 e. The predicted octanol–water partition coefficient (Wildman–Crippen LogP) is 2.38. The van der Waals surface area contributed by atoms with E-state index in [9.17, 15) is 14.4 Å². The number of amides is 3. The van der Waals surface area contributed by atoms with E-state index in [1.807, 2.05) is 12.1 Å². The third-order valence-electron chi connectivity index (χ3n) is 7.71. The van der Waals surface area contributed by atoms with Crippen LogP contribution in [0.25, 0.3) is 0 Å². The standard InChI is InChI=1S/C27H40N4O4S/c1-6-12-35-20-14-17-9-7-8-10-18(17)22(20)30-25(33)23-27(3,4)15-21-31(23)26(34)19(11-13-36-21)29-24(32)16(2)28-5/h7-10,16,19-23,28H,6,11-15H2,1-5H3,(H,29,32)(H,30,33)/t16-,19-,20+,21-,22-,23+/m0/s1. The highest BCUT2D eigenvalue weighted by Crippen LogP contribution is 2.46. The van der Waals surface area contributed by atoms with E-state index in [-0.39, 0.29) is 35.2 Å². The Morgan fingerprint density at radius 3 is 2.72 bits per heavy atom. The van der Waals surface area contributed by atoms with Crippen molar-refractivity contribution in [3.8, 4) is 0 Å². The van der Waals surface area contributed by atoms with E-state index in [0.29, 0.717) is 13.0 Å². The number of carbonyl (C=O) groups excluding carboxylic acids is 3. The van der Waals surface area contributed by atoms with Crippen LogP contribution in [0.2, 0.25) is 0 Å². The van der Waals surface area contributed by atoms with Crippen LogP contribution in [0.15, 0.2) is 24.3 Å². The first-order valence-electron chi connectivity index (χ1n) is 13.1. The van der Waals surface area contributed by atoms with Crippen molar-refractivity contribution in [1.29, 1.82) is 0 Å². The Labute approximate surface area is 218 Å². The van der Waals surface area contributed by atoms with Gasteiger partial charge in [0, 0.05) is 13.0 Å². The molecule has 0 saturated carbocycles. The lowest BCUT2D eigenvalue weighted by Gasteiger charge is -2.35. The molecule has 36 heavy (non-hydrogen) atoms. The van der Waals surface area contributed by atoms with Crippen LogP contribution in [-0.2, 0) is 25.5 Å². The van der Waals surface area contributed by atoms with Crippen molar-refractivity contribution in [2.24, 2.45) is 5.41 Å². The second kappa shape index (κ2) is 11.1. The monoisotopic (exact) mass is 516 g/mol. The highest BCUT2D eigenvalue weighted by atomic mass is 32.2. The molecule has 2 saturated heterocycles. The van der Waals surface area contributed by atoms with Crippen LogP contribution >= 0.6 is 11.8 Å². The third kappa shape index (κ3) is 5.29. The summed E-state index contributed by atoms with van der Waals surface area (Å²) in [6.07, 6.45) is 2.82. The van der Waals surface area contributed by atoms with Crippen LogP contribution in [0, 0.1) is 5.41 Å². The number of rotatable bonds is 8. The van der Waals surface area contributed by atoms with E-state index in [0.717, 1.165) is 30.6 Å². The molecule has 0 bridgehead atoms. The first-order chi connectivity index (χ1) is 17.2. The molecule has 4 rings (SSSR count). The maximum atomic E-state index is 14.0. The molecular formula is C27H40N4O4S. The Hall–Kier alpha value is -2.10. The van der Waals surface area contributed by atoms with Crippen LogP contribution in [0.3, 0.4) is 0 Å². The van der Waals surface area contributed by atoms with Crippen molar-refractivity contribution < 1.29 is 19.1 Å². The summed E-state index contributed by atoms with van der Waals surface area (Å²) in [5.41, 5.74) is 1.87. The van der Waals surface area contributed by atoms with Crippen LogP contribution in [0.1, 0.15) is 64.1 Å². The molecule has 3 amide bonds. The summed E-state index contributed by atoms with van der Waals surface area (Å²) in [4.78, 5) is 42.1. The zero-order valence-electron chi connectivity index (χ0n) is 22.0. The number of nitrogens with one attached hydrogen (secondary N) is 3. The molecule has 2 fully saturated rings. The highest BCUT2D eigenvalue weighted by molar-refractivity contribution is 7.99. The Bertz CT molecular complexity index is 986. The molecule has 6 atom stereocenters. The van der Waals surface area contributed by atoms with Gasteiger partial charge in [-0.05, 0) is 55.5 Å². The SMILES string of the molecule is CCCO[C@@H]1Cc2ccccc2[C@@H]1NC(=O)[C@H]1N2C(=O)[C@@H](NC(=O)[C@H](C)NC)CCS[C@H]2CC1(C)C. The van der Waals surface area contributed by atoms with Crippen LogP contribution in [0.4, 0.5) is 0 Å². The van der Waals surface area contributed by atoms with E-state index in [2.05, 4.69) is 48.9 Å². The van der Waals surface area contributed by atoms with E-state index < -0.39 is 23.5 Å². The maximum absolute atomic E-state index is 14.0. The number of benzene rings is 1. The number of carbonyl (C=O) groups is 3. The van der Waals surface area contributed by atoms with Gasteiger partial charge in [-0.25, -0.2) is 0 Å². The molecule has 3 N–H and O–H groups in total. The maximum Gasteiger partial charge on any atom is 0.246 e. The van der Waals surface area contributed by atoms with Crippen molar-refractivity contribution in [2.75, 3.05) is 19.4 Å². The molecule has 1 aromatic rings. The molecule has 9 heteroatoms. The minimum atomic E-state index is -0.636. The van der Waals surface area contributed by atoms with E-state index >= 15 is 0 Å². The normalized spacial score (nSPS) is 29.8. The summed E-state index contributed by atoms with van der Waals surface area (Å²) in [5.74, 6) is 0.216. The summed E-state index contributed by atoms with van der Waals surface area (Å²) in [5, 5.41) is 9.03. The summed E-state index contributed by atoms with van der Waals surface area (Å²) in [6, 6.07) is 6.24. The fourth-order valence-electron chi connectivity index (χ4n) is 5.67. The molecule has 2 heterocycles. The number of nitrogens with zero attached hydrogens (tertiary/aromatic N) is 1. The van der Waals surface area contributed by atoms with Gasteiger partial charge < -0.3 is 25.6 Å². The van der Waals surface area contributed by atoms with Gasteiger partial charge >= 0.3 is 0 Å². The second-order valence-corrected chi connectivity index (χ2v) is 12.1. The Balaban J connectivity index is 1.57. The van der Waals surface area contributed by atoms with Gasteiger partial charge in [-0.1, -0.05) is 45.0 Å². The first-order valence-corrected chi connectivity index (χ1v) is 14.1. The van der Waals surface area contributed by atoms with Crippen molar-refractivity contribution in [2.45, 2.75) is 89.0 Å². The number of fused-ring (bicyclic) bond motifs is 2. The molecule has 0 radical (unpaired) electrons. The third-order valence-corrected chi connectivity index (χ3v) is 8.96. The Kier molecular flexibility index (Phi) is 8.32. The van der Waals surface area contributed by atoms with Crippen molar-refractivity contribution in [3.05, 3.63) is 35.4 Å². The van der Waals surface area contributed by atoms with Crippen molar-refractivity contribution >= 4 is 29.5 Å². The molecule has 0 aromatic heterocycles. The van der Waals surface area contributed by atoms with Crippen LogP contribution in [0.5, 0.6) is 0 Å². The summed E-state index contributed by atoms with van der Waals surface area (Å²) in [6.45, 7) is 8.59. The van der Waals surface area contributed by atoms with Gasteiger partial charge in [-0.15, -0.1) is 11.8 Å². The Morgan fingerprint density at radius 2 is 2.00 bits per heavy atom. The average Bonchev–Trinajstić information content (AvgIpc) is 3.28. The lowest BCUT2D eigenvalue weighted by molar-refractivity contribution is -0.144. The van der Waals surface area contributed by atoms with Gasteiger partial charge in [-0.3, -0.25) is 14.4 Å². The van der Waals surface area contributed by atoms with Gasteiger partial charge in [0.2, 0.25) is 17.7 Å². The molecule has 1 aliphatic carbocycles. The fraction of sp³-hybridized carbons (Fsp3) is 0.667. The number of ether oxygens (including phenoxy) is 1. The van der Waals surface area contributed by atoms with Crippen LogP contribution < -0.4 is 16.0 Å². The summed E-state index contributed by atoms with van der Waals surface area (Å²) in [7, 11) is 1.72. The Morgan fingerprint density at radius 1 is 1.25 bits per heavy atom. The number of likely N-dealkylation sites (N-methyl/N-ethyl adjacent to an activating group) is 1. The molecule has 1 aromatic carbocycles. The summed E-state index contributed by atoms with van der Waals surface area (Å²) >= 11 is 1.70. The van der Waals surface area contributed by atoms with E-state index in [4.69, 9.17) is 4.74 Å². The highest BCUT2D eigenvalue weighted by Gasteiger charge is 2.55. The lowest BCUT2D eigenvalue weighted by atomic mass is 9.83. The molecular weight excluding hydrogens is 476 g/mol. The molecule has 3 aliphatic rings. The quantitative estimate of drug-likeness (QED) is 0.491. The second-order valence-electron chi connectivity index (χ2n) is 10.8. The van der Waals surface area contributed by atoms with Crippen LogP contribution in [-0.4, -0.2) is 71.6 Å². The zero-order chi connectivity index (χ0) is 26.0. The van der Waals surface area contributed by atoms with Crippen molar-refractivity contribution in [3.63, 3.8) is 0 Å². The van der Waals surface area contributed by atoms with Crippen molar-refractivity contribution in [1.82, 2.24) is 20.9 Å². The molecule has 0 unspecified atom stereocenters. The number of hydrogen-bond acceptors (Lipinski definition) is 6. The van der Waals surface area contributed by atoms with Gasteiger partial charge in [-0.2, -0.15) is 0 Å². The average molecular weight is 517 g/mol. The molecule has 2 aliphatic heterocycles. The molecule has 8 nitrogen and oxygen atoms in total. The lowest BCUT2D eigenvalue weighted by Crippen LogP contribution is -2.58. The minimum absolute atomic E-state index is 0.0881. The molecule has 198 valence electrons.